The number of nitrogens with zero attached hydrogens (tertiary/aromatic N) is 1. The monoisotopic (exact) mass is 159 g/mol. The summed E-state index contributed by atoms with van der Waals surface area (Å²) in [6.07, 6.45) is 0. The first-order valence-corrected chi connectivity index (χ1v) is 3.59. The summed E-state index contributed by atoms with van der Waals surface area (Å²) in [6.45, 7) is 0. The van der Waals surface area contributed by atoms with Crippen molar-refractivity contribution in [1.82, 2.24) is 4.98 Å². The first kappa shape index (κ1) is 6.91. The fourth-order valence-corrected chi connectivity index (χ4v) is 1.16. The standard InChI is InChI=1S/C9H7N2O/c10-9-5-8(12)6-3-1-2-4-7(6)11-9/h1-5H,(H2,10,11). The van der Waals surface area contributed by atoms with Crippen molar-refractivity contribution in [2.24, 2.45) is 0 Å². The zero-order valence-corrected chi connectivity index (χ0v) is 6.32. The Morgan fingerprint density at radius 3 is 2.83 bits per heavy atom. The van der Waals surface area contributed by atoms with Crippen molar-refractivity contribution >= 4 is 16.7 Å². The molecule has 3 heteroatoms. The predicted octanol–water partition coefficient (Wildman–Crippen LogP) is 1.96. The van der Waals surface area contributed by atoms with Gasteiger partial charge in [0.1, 0.15) is 5.82 Å². The van der Waals surface area contributed by atoms with Gasteiger partial charge in [0.15, 0.2) is 5.75 Å². The fourth-order valence-electron chi connectivity index (χ4n) is 1.16. The molecule has 0 fully saturated rings. The number of pyridine rings is 1. The number of anilines is 1. The number of hydrogen-bond acceptors (Lipinski definition) is 2. The zero-order valence-electron chi connectivity index (χ0n) is 6.32. The Morgan fingerprint density at radius 2 is 2.00 bits per heavy atom. The number of nitrogens with two attached hydrogens (primary N) is 1. The summed E-state index contributed by atoms with van der Waals surface area (Å²) in [5.41, 5.74) is 6.07. The van der Waals surface area contributed by atoms with Crippen LogP contribution in [0.4, 0.5) is 5.82 Å². The Hall–Kier alpha value is -1.77. The quantitative estimate of drug-likeness (QED) is 0.638. The lowest BCUT2D eigenvalue weighted by Crippen LogP contribution is -1.89. The molecule has 2 rings (SSSR count). The van der Waals surface area contributed by atoms with Crippen LogP contribution in [0.5, 0.6) is 5.75 Å². The third-order valence-electron chi connectivity index (χ3n) is 1.70. The maximum atomic E-state index is 11.3. The maximum absolute atomic E-state index is 11.3. The van der Waals surface area contributed by atoms with Crippen LogP contribution >= 0.6 is 0 Å². The van der Waals surface area contributed by atoms with Crippen molar-refractivity contribution < 1.29 is 5.11 Å². The topological polar surface area (TPSA) is 58.8 Å². The SMILES string of the molecule is Nc1cc([O])c2ccccc2n1. The molecule has 12 heavy (non-hydrogen) atoms. The molecule has 0 atom stereocenters. The normalized spacial score (nSPS) is 10.3. The second kappa shape index (κ2) is 2.37. The van der Waals surface area contributed by atoms with Gasteiger partial charge in [0.25, 0.3) is 0 Å². The van der Waals surface area contributed by atoms with E-state index < -0.39 is 0 Å². The van der Waals surface area contributed by atoms with E-state index in [0.717, 1.165) is 0 Å². The number of aromatic nitrogens is 1. The van der Waals surface area contributed by atoms with E-state index in [1.807, 2.05) is 12.1 Å². The third kappa shape index (κ3) is 0.955. The van der Waals surface area contributed by atoms with Gasteiger partial charge in [-0.2, -0.15) is 0 Å². The summed E-state index contributed by atoms with van der Waals surface area (Å²) in [5.74, 6) is 0.205. The first-order chi connectivity index (χ1) is 5.77. The number of benzene rings is 1. The minimum absolute atomic E-state index is 0.0712. The average Bonchev–Trinajstić information content (AvgIpc) is 2.04. The van der Waals surface area contributed by atoms with E-state index in [1.165, 1.54) is 6.07 Å². The second-order valence-electron chi connectivity index (χ2n) is 2.56. The van der Waals surface area contributed by atoms with E-state index in [-0.39, 0.29) is 11.6 Å². The Labute approximate surface area is 69.5 Å². The van der Waals surface area contributed by atoms with Gasteiger partial charge >= 0.3 is 0 Å². The maximum Gasteiger partial charge on any atom is 0.191 e. The Morgan fingerprint density at radius 1 is 1.25 bits per heavy atom. The molecule has 1 radical (unpaired) electrons. The first-order valence-electron chi connectivity index (χ1n) is 3.59. The van der Waals surface area contributed by atoms with Gasteiger partial charge in [0.05, 0.1) is 5.52 Å². The fraction of sp³-hybridized carbons (Fsp3) is 0. The molecular formula is C9H7N2O. The van der Waals surface area contributed by atoms with Gasteiger partial charge in [-0.05, 0) is 12.1 Å². The van der Waals surface area contributed by atoms with Crippen molar-refractivity contribution in [3.8, 4) is 5.75 Å². The lowest BCUT2D eigenvalue weighted by atomic mass is 10.2. The van der Waals surface area contributed by atoms with Crippen LogP contribution in [0.15, 0.2) is 30.3 Å². The van der Waals surface area contributed by atoms with Crippen molar-refractivity contribution in [3.63, 3.8) is 0 Å². The molecule has 1 heterocycles. The molecule has 59 valence electrons. The van der Waals surface area contributed by atoms with Gasteiger partial charge in [-0.3, -0.25) is 5.11 Å². The van der Waals surface area contributed by atoms with Crippen LogP contribution in [0, 0.1) is 0 Å². The van der Waals surface area contributed by atoms with Crippen LogP contribution in [0.3, 0.4) is 0 Å². The van der Waals surface area contributed by atoms with Crippen molar-refractivity contribution in [3.05, 3.63) is 30.3 Å². The summed E-state index contributed by atoms with van der Waals surface area (Å²) in [5, 5.41) is 11.9. The molecule has 1 aromatic carbocycles. The highest BCUT2D eigenvalue weighted by molar-refractivity contribution is 5.86. The van der Waals surface area contributed by atoms with Crippen molar-refractivity contribution in [1.29, 1.82) is 0 Å². The van der Waals surface area contributed by atoms with Crippen molar-refractivity contribution in [2.45, 2.75) is 0 Å². The summed E-state index contributed by atoms with van der Waals surface area (Å²) >= 11 is 0. The minimum Gasteiger partial charge on any atom is -0.384 e. The Balaban J connectivity index is 2.89. The van der Waals surface area contributed by atoms with Gasteiger partial charge in [0, 0.05) is 11.5 Å². The van der Waals surface area contributed by atoms with E-state index >= 15 is 0 Å². The van der Waals surface area contributed by atoms with E-state index in [1.54, 1.807) is 12.1 Å². The second-order valence-corrected chi connectivity index (χ2v) is 2.56. The number of nitrogen functional groups attached to an aromatic ring is 1. The molecule has 0 amide bonds. The molecule has 0 saturated heterocycles. The van der Waals surface area contributed by atoms with Crippen LogP contribution in [-0.4, -0.2) is 4.98 Å². The number of hydrogen-bond donors (Lipinski definition) is 1. The summed E-state index contributed by atoms with van der Waals surface area (Å²) < 4.78 is 0. The number of fused-ring (bicyclic) bond motifs is 1. The van der Waals surface area contributed by atoms with Gasteiger partial charge in [-0.25, -0.2) is 4.98 Å². The molecule has 3 nitrogen and oxygen atoms in total. The number of rotatable bonds is 0. The van der Waals surface area contributed by atoms with Crippen LogP contribution in [-0.2, 0) is 5.11 Å². The molecule has 0 bridgehead atoms. The van der Waals surface area contributed by atoms with E-state index in [2.05, 4.69) is 4.98 Å². The smallest absolute Gasteiger partial charge is 0.191 e. The van der Waals surface area contributed by atoms with Gasteiger partial charge in [-0.15, -0.1) is 0 Å². The molecule has 0 aliphatic heterocycles. The van der Waals surface area contributed by atoms with Gasteiger partial charge < -0.3 is 5.73 Å². The molecule has 0 saturated carbocycles. The molecule has 0 spiro atoms. The Kier molecular flexibility index (Phi) is 1.37. The predicted molar refractivity (Wildman–Crippen MR) is 46.3 cm³/mol. The molecule has 1 aromatic heterocycles. The Bertz CT molecular complexity index is 426. The lowest BCUT2D eigenvalue weighted by Gasteiger charge is -1.98. The number of para-hydroxylation sites is 1. The van der Waals surface area contributed by atoms with Crippen LogP contribution < -0.4 is 5.73 Å². The molecule has 0 unspecified atom stereocenters. The minimum atomic E-state index is -0.0712. The zero-order chi connectivity index (χ0) is 8.55. The van der Waals surface area contributed by atoms with Crippen LogP contribution in [0.25, 0.3) is 10.9 Å². The molecule has 0 aliphatic rings. The van der Waals surface area contributed by atoms with Gasteiger partial charge in [0.2, 0.25) is 0 Å². The van der Waals surface area contributed by atoms with Gasteiger partial charge in [-0.1, -0.05) is 12.1 Å². The largest absolute Gasteiger partial charge is 0.384 e. The van der Waals surface area contributed by atoms with E-state index in [0.29, 0.717) is 10.9 Å². The molecular weight excluding hydrogens is 152 g/mol. The summed E-state index contributed by atoms with van der Waals surface area (Å²) in [6, 6.07) is 8.48. The molecule has 2 aromatic rings. The highest BCUT2D eigenvalue weighted by Crippen LogP contribution is 2.24. The van der Waals surface area contributed by atoms with Crippen LogP contribution in [0.2, 0.25) is 0 Å². The highest BCUT2D eigenvalue weighted by atomic mass is 16.3. The lowest BCUT2D eigenvalue weighted by molar-refractivity contribution is 0.360. The van der Waals surface area contributed by atoms with E-state index in [4.69, 9.17) is 5.73 Å². The highest BCUT2D eigenvalue weighted by Gasteiger charge is 2.02. The van der Waals surface area contributed by atoms with Crippen LogP contribution in [0.1, 0.15) is 0 Å². The van der Waals surface area contributed by atoms with E-state index in [9.17, 15) is 5.11 Å². The van der Waals surface area contributed by atoms with Crippen molar-refractivity contribution in [2.75, 3.05) is 5.73 Å². The third-order valence-corrected chi connectivity index (χ3v) is 1.70. The summed E-state index contributed by atoms with van der Waals surface area (Å²) in [7, 11) is 0. The summed E-state index contributed by atoms with van der Waals surface area (Å²) in [4.78, 5) is 4.01. The molecule has 2 N–H and O–H groups in total. The average molecular weight is 159 g/mol. The molecule has 0 aliphatic carbocycles.